The summed E-state index contributed by atoms with van der Waals surface area (Å²) in [5.74, 6) is -0.00147. The Morgan fingerprint density at radius 3 is 2.82 bits per heavy atom. The van der Waals surface area contributed by atoms with Crippen molar-refractivity contribution in [2.75, 3.05) is 6.54 Å². The number of fused-ring (bicyclic) bond motifs is 1. The topological polar surface area (TPSA) is 55.2 Å². The molecule has 1 saturated heterocycles. The van der Waals surface area contributed by atoms with Gasteiger partial charge in [0, 0.05) is 23.5 Å². The number of carbonyl (C=O) groups is 1. The highest BCUT2D eigenvalue weighted by atomic mass is 32.1. The monoisotopic (exact) mass is 395 g/mol. The van der Waals surface area contributed by atoms with E-state index in [0.717, 1.165) is 36.9 Å². The van der Waals surface area contributed by atoms with Crippen LogP contribution in [0.3, 0.4) is 0 Å². The van der Waals surface area contributed by atoms with Crippen LogP contribution in [0.25, 0.3) is 21.3 Å². The number of nitrogens with zero attached hydrogens (tertiary/aromatic N) is 3. The molecule has 1 atom stereocenters. The molecule has 4 rings (SSSR count). The molecule has 146 valence electrons. The predicted molar refractivity (Wildman–Crippen MR) is 114 cm³/mol. The van der Waals surface area contributed by atoms with Crippen molar-refractivity contribution in [1.29, 1.82) is 0 Å². The molecule has 2 aromatic heterocycles. The van der Waals surface area contributed by atoms with Gasteiger partial charge in [-0.05, 0) is 56.7 Å². The van der Waals surface area contributed by atoms with Gasteiger partial charge in [0.25, 0.3) is 5.56 Å². The first-order valence-electron chi connectivity index (χ1n) is 9.79. The highest BCUT2D eigenvalue weighted by molar-refractivity contribution is 7.17. The maximum absolute atomic E-state index is 13.2. The highest BCUT2D eigenvalue weighted by Gasteiger charge is 2.24. The number of hydrogen-bond acceptors (Lipinski definition) is 4. The van der Waals surface area contributed by atoms with E-state index in [0.29, 0.717) is 10.2 Å². The lowest BCUT2D eigenvalue weighted by atomic mass is 10.0. The Bertz CT molecular complexity index is 1100. The van der Waals surface area contributed by atoms with Crippen molar-refractivity contribution in [3.05, 3.63) is 51.4 Å². The van der Waals surface area contributed by atoms with Gasteiger partial charge >= 0.3 is 0 Å². The molecule has 1 aliphatic heterocycles. The van der Waals surface area contributed by atoms with Gasteiger partial charge in [0.05, 0.1) is 11.7 Å². The normalized spacial score (nSPS) is 17.2. The van der Waals surface area contributed by atoms with Gasteiger partial charge in [0.15, 0.2) is 0 Å². The molecule has 0 saturated carbocycles. The Morgan fingerprint density at radius 2 is 2.07 bits per heavy atom. The highest BCUT2D eigenvalue weighted by Crippen LogP contribution is 2.31. The largest absolute Gasteiger partial charge is 0.338 e. The summed E-state index contributed by atoms with van der Waals surface area (Å²) in [6.45, 7) is 7.05. The van der Waals surface area contributed by atoms with Crippen LogP contribution in [0.1, 0.15) is 37.3 Å². The van der Waals surface area contributed by atoms with Gasteiger partial charge < -0.3 is 4.90 Å². The number of aromatic nitrogens is 2. The molecule has 28 heavy (non-hydrogen) atoms. The molecule has 0 N–H and O–H groups in total. The smallest absolute Gasteiger partial charge is 0.263 e. The second-order valence-corrected chi connectivity index (χ2v) is 8.60. The number of amides is 1. The molecule has 5 nitrogen and oxygen atoms in total. The quantitative estimate of drug-likeness (QED) is 0.670. The molecule has 0 bridgehead atoms. The minimum atomic E-state index is -0.141. The molecule has 6 heteroatoms. The van der Waals surface area contributed by atoms with Crippen LogP contribution < -0.4 is 5.56 Å². The first kappa shape index (κ1) is 18.9. The molecule has 1 amide bonds. The predicted octanol–water partition coefficient (Wildman–Crippen LogP) is 4.14. The summed E-state index contributed by atoms with van der Waals surface area (Å²) in [7, 11) is 0. The third kappa shape index (κ3) is 3.37. The SMILES string of the molecule is Cc1ccc(-c2csc3ncn(CC(=O)N4CCCC[C@@H]4C)c(=O)c23)cc1C. The Hall–Kier alpha value is -2.47. The first-order valence-corrected chi connectivity index (χ1v) is 10.7. The van der Waals surface area contributed by atoms with Crippen LogP contribution >= 0.6 is 11.3 Å². The Morgan fingerprint density at radius 1 is 1.25 bits per heavy atom. The van der Waals surface area contributed by atoms with E-state index in [9.17, 15) is 9.59 Å². The average molecular weight is 396 g/mol. The van der Waals surface area contributed by atoms with E-state index in [1.54, 1.807) is 0 Å². The van der Waals surface area contributed by atoms with Crippen LogP contribution in [0.15, 0.2) is 34.7 Å². The lowest BCUT2D eigenvalue weighted by Gasteiger charge is -2.33. The summed E-state index contributed by atoms with van der Waals surface area (Å²) in [5.41, 5.74) is 4.18. The standard InChI is InChI=1S/C22H25N3O2S/c1-14-7-8-17(10-15(14)2)18-12-28-21-20(18)22(27)24(13-23-21)11-19(26)25-9-5-4-6-16(25)3/h7-8,10,12-13,16H,4-6,9,11H2,1-3H3/t16-/m0/s1. The number of piperidine rings is 1. The van der Waals surface area contributed by atoms with Crippen molar-refractivity contribution in [3.8, 4) is 11.1 Å². The fraction of sp³-hybridized carbons (Fsp3) is 0.409. The molecule has 3 heterocycles. The van der Waals surface area contributed by atoms with Crippen molar-refractivity contribution in [2.24, 2.45) is 0 Å². The zero-order valence-corrected chi connectivity index (χ0v) is 17.4. The first-order chi connectivity index (χ1) is 13.5. The maximum atomic E-state index is 13.2. The molecule has 0 unspecified atom stereocenters. The molecule has 0 aliphatic carbocycles. The zero-order valence-electron chi connectivity index (χ0n) is 16.6. The molecule has 1 fully saturated rings. The second-order valence-electron chi connectivity index (χ2n) is 7.74. The van der Waals surface area contributed by atoms with Gasteiger partial charge in [-0.2, -0.15) is 0 Å². The third-order valence-electron chi connectivity index (χ3n) is 5.81. The van der Waals surface area contributed by atoms with Crippen molar-refractivity contribution >= 4 is 27.5 Å². The summed E-state index contributed by atoms with van der Waals surface area (Å²) in [6, 6.07) is 6.46. The summed E-state index contributed by atoms with van der Waals surface area (Å²) >= 11 is 1.47. The van der Waals surface area contributed by atoms with E-state index in [1.165, 1.54) is 33.4 Å². The van der Waals surface area contributed by atoms with E-state index < -0.39 is 0 Å². The van der Waals surface area contributed by atoms with Crippen LogP contribution in [0.4, 0.5) is 0 Å². The maximum Gasteiger partial charge on any atom is 0.263 e. The van der Waals surface area contributed by atoms with Crippen LogP contribution in [0.5, 0.6) is 0 Å². The minimum absolute atomic E-state index is 0.00147. The number of thiophene rings is 1. The molecule has 1 aliphatic rings. The Kier molecular flexibility index (Phi) is 5.06. The molecule has 1 aromatic carbocycles. The van der Waals surface area contributed by atoms with E-state index in [-0.39, 0.29) is 24.1 Å². The van der Waals surface area contributed by atoms with Crippen molar-refractivity contribution in [3.63, 3.8) is 0 Å². The summed E-state index contributed by atoms with van der Waals surface area (Å²) in [4.78, 5) is 33.0. The van der Waals surface area contributed by atoms with Gasteiger partial charge in [0.1, 0.15) is 11.4 Å². The lowest BCUT2D eigenvalue weighted by Crippen LogP contribution is -2.44. The van der Waals surface area contributed by atoms with Gasteiger partial charge in [-0.1, -0.05) is 18.2 Å². The van der Waals surface area contributed by atoms with E-state index in [1.807, 2.05) is 16.3 Å². The van der Waals surface area contributed by atoms with Gasteiger partial charge in [-0.25, -0.2) is 4.98 Å². The van der Waals surface area contributed by atoms with Crippen LogP contribution in [0.2, 0.25) is 0 Å². The molecule has 0 radical (unpaired) electrons. The number of hydrogen-bond donors (Lipinski definition) is 0. The van der Waals surface area contributed by atoms with Gasteiger partial charge in [-0.15, -0.1) is 11.3 Å². The number of aryl methyl sites for hydroxylation is 2. The fourth-order valence-electron chi connectivity index (χ4n) is 3.91. The number of likely N-dealkylation sites (tertiary alicyclic amines) is 1. The van der Waals surface area contributed by atoms with Crippen LogP contribution in [0, 0.1) is 13.8 Å². The molecular weight excluding hydrogens is 370 g/mol. The van der Waals surface area contributed by atoms with Crippen molar-refractivity contribution < 1.29 is 4.79 Å². The van der Waals surface area contributed by atoms with Crippen molar-refractivity contribution in [1.82, 2.24) is 14.5 Å². The Labute approximate surface area is 168 Å². The molecule has 3 aromatic rings. The van der Waals surface area contributed by atoms with Gasteiger partial charge in [-0.3, -0.25) is 14.2 Å². The van der Waals surface area contributed by atoms with E-state index in [2.05, 4.69) is 37.9 Å². The average Bonchev–Trinajstić information content (AvgIpc) is 3.11. The lowest BCUT2D eigenvalue weighted by molar-refractivity contribution is -0.135. The number of carbonyl (C=O) groups excluding carboxylic acids is 1. The van der Waals surface area contributed by atoms with Crippen molar-refractivity contribution in [2.45, 2.75) is 52.6 Å². The zero-order chi connectivity index (χ0) is 19.8. The summed E-state index contributed by atoms with van der Waals surface area (Å²) in [6.07, 6.45) is 4.73. The number of rotatable bonds is 3. The third-order valence-corrected chi connectivity index (χ3v) is 6.69. The fourth-order valence-corrected chi connectivity index (χ4v) is 4.81. The molecule has 0 spiro atoms. The minimum Gasteiger partial charge on any atom is -0.338 e. The van der Waals surface area contributed by atoms with E-state index in [4.69, 9.17) is 0 Å². The summed E-state index contributed by atoms with van der Waals surface area (Å²) in [5, 5.41) is 2.59. The van der Waals surface area contributed by atoms with Gasteiger partial charge in [0.2, 0.25) is 5.91 Å². The van der Waals surface area contributed by atoms with Crippen LogP contribution in [-0.2, 0) is 11.3 Å². The second kappa shape index (κ2) is 7.51. The van der Waals surface area contributed by atoms with E-state index >= 15 is 0 Å². The number of benzene rings is 1. The van der Waals surface area contributed by atoms with Crippen LogP contribution in [-0.4, -0.2) is 32.9 Å². The Balaban J connectivity index is 1.71. The summed E-state index contributed by atoms with van der Waals surface area (Å²) < 4.78 is 1.46. The molecular formula is C22H25N3O2S.